The molecule has 0 amide bonds. The van der Waals surface area contributed by atoms with E-state index in [0.29, 0.717) is 22.4 Å². The molecule has 0 unspecified atom stereocenters. The van der Waals surface area contributed by atoms with Gasteiger partial charge >= 0.3 is 0 Å². The summed E-state index contributed by atoms with van der Waals surface area (Å²) in [5.74, 6) is 0.595. The summed E-state index contributed by atoms with van der Waals surface area (Å²) >= 11 is 12.5. The Balaban J connectivity index is 1.43. The van der Waals surface area contributed by atoms with Gasteiger partial charge in [-0.15, -0.1) is 10.2 Å². The van der Waals surface area contributed by atoms with Crippen LogP contribution in [0.3, 0.4) is 0 Å². The minimum Gasteiger partial charge on any atom is -0.428 e. The quantitative estimate of drug-likeness (QED) is 0.265. The van der Waals surface area contributed by atoms with Gasteiger partial charge in [0.25, 0.3) is 0 Å². The van der Waals surface area contributed by atoms with Crippen LogP contribution in [0.25, 0.3) is 0 Å². The van der Waals surface area contributed by atoms with Gasteiger partial charge in [0.05, 0.1) is 25.2 Å². The summed E-state index contributed by atoms with van der Waals surface area (Å²) in [6.45, 7) is 1.51. The largest absolute Gasteiger partial charge is 0.428 e. The fourth-order valence-electron chi connectivity index (χ4n) is 5.16. The van der Waals surface area contributed by atoms with E-state index in [9.17, 15) is 5.11 Å². The molecule has 5 rings (SSSR count). The first-order chi connectivity index (χ1) is 18.1. The van der Waals surface area contributed by atoms with Crippen molar-refractivity contribution in [2.75, 3.05) is 13.2 Å². The number of hydrogen-bond donors (Lipinski definition) is 1. The molecule has 1 fully saturated rings. The second kappa shape index (κ2) is 12.2. The van der Waals surface area contributed by atoms with Crippen molar-refractivity contribution in [2.45, 2.75) is 44.1 Å². The van der Waals surface area contributed by atoms with Crippen LogP contribution in [0.15, 0.2) is 83.6 Å². The van der Waals surface area contributed by atoms with Gasteiger partial charge in [-0.2, -0.15) is 0 Å². The molecule has 1 aliphatic rings. The first-order valence-corrected chi connectivity index (χ1v) is 13.2. The molecule has 0 aliphatic carbocycles. The normalized spacial score (nSPS) is 19.1. The monoisotopic (exact) mass is 537 g/mol. The number of piperidine rings is 1. The van der Waals surface area contributed by atoms with Crippen LogP contribution >= 0.6 is 23.2 Å². The Kier molecular flexibility index (Phi) is 8.54. The smallest absolute Gasteiger partial charge is 0.220 e. The predicted molar refractivity (Wildman–Crippen MR) is 144 cm³/mol. The van der Waals surface area contributed by atoms with Crippen molar-refractivity contribution in [1.82, 2.24) is 15.1 Å². The van der Waals surface area contributed by atoms with Gasteiger partial charge in [-0.1, -0.05) is 77.8 Å². The standard InChI is InChI=1S/C29H29Cl2N3O3/c30-24-13-23(14-25(31)16-24)27(18-35)37-26-11-6-12-34(29(26)20-7-2-1-3-8-20)17-22-10-5-4-9-21(22)15-28-33-32-19-36-28/h1-5,7-10,13-14,16,19,26-27,29,35H,6,11-12,15,17-18H2/t26-,27+,29-/m0/s1. The third-order valence-corrected chi connectivity index (χ3v) is 7.26. The summed E-state index contributed by atoms with van der Waals surface area (Å²) in [4.78, 5) is 2.47. The zero-order chi connectivity index (χ0) is 25.6. The molecule has 1 N–H and O–H groups in total. The highest BCUT2D eigenvalue weighted by molar-refractivity contribution is 6.34. The Morgan fingerprint density at radius 2 is 1.73 bits per heavy atom. The summed E-state index contributed by atoms with van der Waals surface area (Å²) in [6, 6.07) is 24.1. The van der Waals surface area contributed by atoms with Crippen molar-refractivity contribution < 1.29 is 14.3 Å². The number of rotatable bonds is 9. The van der Waals surface area contributed by atoms with Crippen LogP contribution in [-0.4, -0.2) is 39.5 Å². The number of ether oxygens (including phenoxy) is 1. The highest BCUT2D eigenvalue weighted by atomic mass is 35.5. The number of aliphatic hydroxyl groups excluding tert-OH is 1. The Hall–Kier alpha value is -2.74. The van der Waals surface area contributed by atoms with E-state index in [0.717, 1.165) is 37.1 Å². The maximum atomic E-state index is 10.3. The van der Waals surface area contributed by atoms with Crippen LogP contribution in [0.5, 0.6) is 0 Å². The van der Waals surface area contributed by atoms with Crippen molar-refractivity contribution in [3.8, 4) is 0 Å². The van der Waals surface area contributed by atoms with Crippen molar-refractivity contribution in [2.24, 2.45) is 0 Å². The summed E-state index contributed by atoms with van der Waals surface area (Å²) in [6.07, 6.45) is 3.15. The average Bonchev–Trinajstić information content (AvgIpc) is 3.41. The van der Waals surface area contributed by atoms with Crippen molar-refractivity contribution in [3.63, 3.8) is 0 Å². The number of nitrogens with zero attached hydrogens (tertiary/aromatic N) is 3. The highest BCUT2D eigenvalue weighted by Gasteiger charge is 2.35. The van der Waals surface area contributed by atoms with E-state index < -0.39 is 6.10 Å². The number of aliphatic hydroxyl groups is 1. The molecule has 4 aromatic rings. The molecule has 1 aromatic heterocycles. The molecular formula is C29H29Cl2N3O3. The fraction of sp³-hybridized carbons (Fsp3) is 0.310. The molecule has 6 nitrogen and oxygen atoms in total. The van der Waals surface area contributed by atoms with E-state index in [1.54, 1.807) is 18.2 Å². The van der Waals surface area contributed by atoms with E-state index in [-0.39, 0.29) is 18.8 Å². The van der Waals surface area contributed by atoms with Crippen LogP contribution in [0.1, 0.15) is 53.1 Å². The van der Waals surface area contributed by atoms with Gasteiger partial charge in [0.2, 0.25) is 12.3 Å². The molecule has 37 heavy (non-hydrogen) atoms. The number of benzene rings is 3. The lowest BCUT2D eigenvalue weighted by Crippen LogP contribution is -2.43. The molecule has 0 radical (unpaired) electrons. The number of aromatic nitrogens is 2. The minimum absolute atomic E-state index is 0.00937. The second-order valence-corrected chi connectivity index (χ2v) is 10.2. The Labute approximate surface area is 226 Å². The lowest BCUT2D eigenvalue weighted by atomic mass is 9.91. The molecule has 8 heteroatoms. The Bertz CT molecular complexity index is 1270. The molecule has 0 spiro atoms. The van der Waals surface area contributed by atoms with E-state index in [1.807, 2.05) is 12.1 Å². The molecule has 3 atom stereocenters. The molecule has 1 saturated heterocycles. The van der Waals surface area contributed by atoms with Gasteiger partial charge in [0.15, 0.2) is 0 Å². The topological polar surface area (TPSA) is 71.6 Å². The van der Waals surface area contributed by atoms with E-state index in [2.05, 4.69) is 57.6 Å². The molecule has 192 valence electrons. The van der Waals surface area contributed by atoms with Gasteiger partial charge in [-0.3, -0.25) is 4.90 Å². The zero-order valence-electron chi connectivity index (χ0n) is 20.3. The van der Waals surface area contributed by atoms with Gasteiger partial charge in [-0.25, -0.2) is 0 Å². The lowest BCUT2D eigenvalue weighted by Gasteiger charge is -2.43. The summed E-state index contributed by atoms with van der Waals surface area (Å²) in [7, 11) is 0. The molecule has 1 aliphatic heterocycles. The Morgan fingerprint density at radius 1 is 1.00 bits per heavy atom. The lowest BCUT2D eigenvalue weighted by molar-refractivity contribution is -0.100. The van der Waals surface area contributed by atoms with Crippen LogP contribution in [0, 0.1) is 0 Å². The highest BCUT2D eigenvalue weighted by Crippen LogP contribution is 2.38. The Morgan fingerprint density at radius 3 is 2.43 bits per heavy atom. The van der Waals surface area contributed by atoms with Gasteiger partial charge in [0.1, 0.15) is 6.10 Å². The molecular weight excluding hydrogens is 509 g/mol. The first-order valence-electron chi connectivity index (χ1n) is 12.4. The number of halogens is 2. The third-order valence-electron chi connectivity index (χ3n) is 6.82. The molecule has 0 bridgehead atoms. The zero-order valence-corrected chi connectivity index (χ0v) is 21.9. The van der Waals surface area contributed by atoms with E-state index in [1.165, 1.54) is 17.5 Å². The van der Waals surface area contributed by atoms with Gasteiger partial charge in [-0.05, 0) is 59.8 Å². The van der Waals surface area contributed by atoms with Crippen LogP contribution in [0.4, 0.5) is 0 Å². The van der Waals surface area contributed by atoms with Crippen LogP contribution < -0.4 is 0 Å². The molecule has 3 aromatic carbocycles. The fourth-order valence-corrected chi connectivity index (χ4v) is 5.70. The van der Waals surface area contributed by atoms with Gasteiger partial charge in [0, 0.05) is 16.6 Å². The third kappa shape index (κ3) is 6.40. The van der Waals surface area contributed by atoms with E-state index in [4.69, 9.17) is 32.4 Å². The summed E-state index contributed by atoms with van der Waals surface area (Å²) in [5.41, 5.74) is 4.32. The predicted octanol–water partition coefficient (Wildman–Crippen LogP) is 6.42. The first kappa shape index (κ1) is 25.9. The maximum Gasteiger partial charge on any atom is 0.220 e. The van der Waals surface area contributed by atoms with Crippen LogP contribution in [0.2, 0.25) is 10.0 Å². The second-order valence-electron chi connectivity index (χ2n) is 9.29. The SMILES string of the molecule is OC[C@@H](O[C@H]1CCCN(Cc2ccccc2Cc2nnco2)[C@H]1c1ccccc1)c1cc(Cl)cc(Cl)c1. The van der Waals surface area contributed by atoms with E-state index >= 15 is 0 Å². The van der Waals surface area contributed by atoms with Crippen molar-refractivity contribution >= 4 is 23.2 Å². The molecule has 2 heterocycles. The molecule has 0 saturated carbocycles. The summed E-state index contributed by atoms with van der Waals surface area (Å²) < 4.78 is 12.1. The van der Waals surface area contributed by atoms with Gasteiger partial charge < -0.3 is 14.3 Å². The number of hydrogen-bond acceptors (Lipinski definition) is 6. The average molecular weight is 538 g/mol. The minimum atomic E-state index is -0.530. The van der Waals surface area contributed by atoms with Crippen molar-refractivity contribution in [1.29, 1.82) is 0 Å². The summed E-state index contributed by atoms with van der Waals surface area (Å²) in [5, 5.41) is 19.2. The number of likely N-dealkylation sites (tertiary alicyclic amines) is 1. The maximum absolute atomic E-state index is 10.3. The van der Waals surface area contributed by atoms with Crippen molar-refractivity contribution in [3.05, 3.63) is 117 Å². The van der Waals surface area contributed by atoms with Crippen LogP contribution in [-0.2, 0) is 17.7 Å².